The molecule has 1 heterocycles. The lowest BCUT2D eigenvalue weighted by Crippen LogP contribution is -2.14. The SMILES string of the molecule is CCc1cnc(CNCc2cccc(F)c2F)s1. The lowest BCUT2D eigenvalue weighted by Gasteiger charge is -2.04. The first-order valence-corrected chi connectivity index (χ1v) is 6.59. The standard InChI is InChI=1S/C13H14F2N2S/c1-2-10-7-17-12(18-10)8-16-6-9-4-3-5-11(14)13(9)15/h3-5,7,16H,2,6,8H2,1H3. The fourth-order valence-corrected chi connectivity index (χ4v) is 2.41. The van der Waals surface area contributed by atoms with E-state index in [4.69, 9.17) is 0 Å². The minimum atomic E-state index is -0.809. The monoisotopic (exact) mass is 268 g/mol. The highest BCUT2D eigenvalue weighted by atomic mass is 32.1. The van der Waals surface area contributed by atoms with Crippen LogP contribution in [0.2, 0.25) is 0 Å². The van der Waals surface area contributed by atoms with E-state index in [2.05, 4.69) is 17.2 Å². The van der Waals surface area contributed by atoms with E-state index in [1.807, 2.05) is 6.20 Å². The van der Waals surface area contributed by atoms with Crippen molar-refractivity contribution in [2.45, 2.75) is 26.4 Å². The van der Waals surface area contributed by atoms with Gasteiger partial charge in [0.25, 0.3) is 0 Å². The fourth-order valence-electron chi connectivity index (χ4n) is 1.58. The summed E-state index contributed by atoms with van der Waals surface area (Å²) in [5.74, 6) is -1.59. The molecule has 0 aliphatic rings. The Hall–Kier alpha value is -1.33. The van der Waals surface area contributed by atoms with Crippen LogP contribution in [0.1, 0.15) is 22.4 Å². The molecule has 0 fully saturated rings. The minimum Gasteiger partial charge on any atom is -0.306 e. The van der Waals surface area contributed by atoms with Gasteiger partial charge in [0.1, 0.15) is 5.01 Å². The Labute approximate surface area is 109 Å². The van der Waals surface area contributed by atoms with Crippen LogP contribution in [0.15, 0.2) is 24.4 Å². The Balaban J connectivity index is 1.90. The zero-order valence-electron chi connectivity index (χ0n) is 10.0. The third-order valence-electron chi connectivity index (χ3n) is 2.57. The quantitative estimate of drug-likeness (QED) is 0.900. The highest BCUT2D eigenvalue weighted by molar-refractivity contribution is 7.11. The molecule has 1 aromatic carbocycles. The van der Waals surface area contributed by atoms with Crippen LogP contribution >= 0.6 is 11.3 Å². The van der Waals surface area contributed by atoms with Crippen LogP contribution in [0, 0.1) is 11.6 Å². The van der Waals surface area contributed by atoms with Crippen molar-refractivity contribution >= 4 is 11.3 Å². The summed E-state index contributed by atoms with van der Waals surface area (Å²) in [5, 5.41) is 4.03. The summed E-state index contributed by atoms with van der Waals surface area (Å²) < 4.78 is 26.3. The van der Waals surface area contributed by atoms with Crippen LogP contribution in [0.4, 0.5) is 8.78 Å². The van der Waals surface area contributed by atoms with Crippen LogP contribution in [-0.4, -0.2) is 4.98 Å². The zero-order valence-corrected chi connectivity index (χ0v) is 10.9. The molecule has 1 N–H and O–H groups in total. The summed E-state index contributed by atoms with van der Waals surface area (Å²) >= 11 is 1.63. The van der Waals surface area contributed by atoms with Gasteiger partial charge in [-0.1, -0.05) is 19.1 Å². The number of benzene rings is 1. The normalized spacial score (nSPS) is 10.8. The fraction of sp³-hybridized carbons (Fsp3) is 0.308. The molecule has 2 nitrogen and oxygen atoms in total. The largest absolute Gasteiger partial charge is 0.306 e. The molecule has 2 aromatic rings. The lowest BCUT2D eigenvalue weighted by atomic mass is 10.2. The van der Waals surface area contributed by atoms with Gasteiger partial charge in [0.2, 0.25) is 0 Å². The number of halogens is 2. The number of rotatable bonds is 5. The van der Waals surface area contributed by atoms with Crippen molar-refractivity contribution in [1.82, 2.24) is 10.3 Å². The number of hydrogen-bond donors (Lipinski definition) is 1. The molecule has 0 aliphatic carbocycles. The predicted molar refractivity (Wildman–Crippen MR) is 68.4 cm³/mol. The zero-order chi connectivity index (χ0) is 13.0. The maximum Gasteiger partial charge on any atom is 0.163 e. The van der Waals surface area contributed by atoms with Gasteiger partial charge in [0, 0.05) is 29.7 Å². The molecule has 2 rings (SSSR count). The minimum absolute atomic E-state index is 0.296. The molecule has 0 amide bonds. The third-order valence-corrected chi connectivity index (χ3v) is 3.71. The Kier molecular flexibility index (Phi) is 4.38. The van der Waals surface area contributed by atoms with Crippen molar-refractivity contribution in [1.29, 1.82) is 0 Å². The average Bonchev–Trinajstić information content (AvgIpc) is 2.82. The highest BCUT2D eigenvalue weighted by Crippen LogP contribution is 2.14. The molecule has 0 aliphatic heterocycles. The first-order valence-electron chi connectivity index (χ1n) is 5.78. The predicted octanol–water partition coefficient (Wildman–Crippen LogP) is 3.27. The Morgan fingerprint density at radius 2 is 2.11 bits per heavy atom. The van der Waals surface area contributed by atoms with Gasteiger partial charge in [-0.2, -0.15) is 0 Å². The van der Waals surface area contributed by atoms with Crippen molar-refractivity contribution in [3.63, 3.8) is 0 Å². The van der Waals surface area contributed by atoms with Gasteiger partial charge >= 0.3 is 0 Å². The van der Waals surface area contributed by atoms with Crippen LogP contribution in [0.25, 0.3) is 0 Å². The Bertz CT molecular complexity index is 525. The van der Waals surface area contributed by atoms with Gasteiger partial charge in [-0.05, 0) is 12.5 Å². The van der Waals surface area contributed by atoms with Crippen molar-refractivity contribution in [2.24, 2.45) is 0 Å². The van der Waals surface area contributed by atoms with E-state index in [0.717, 1.165) is 17.5 Å². The first-order chi connectivity index (χ1) is 8.70. The molecule has 1 aromatic heterocycles. The molecular weight excluding hydrogens is 254 g/mol. The second-order valence-electron chi connectivity index (χ2n) is 3.89. The number of nitrogens with zero attached hydrogens (tertiary/aromatic N) is 1. The molecule has 0 saturated heterocycles. The molecular formula is C13H14F2N2S. The van der Waals surface area contributed by atoms with Gasteiger partial charge < -0.3 is 5.32 Å². The molecule has 0 unspecified atom stereocenters. The smallest absolute Gasteiger partial charge is 0.163 e. The molecule has 18 heavy (non-hydrogen) atoms. The second kappa shape index (κ2) is 6.02. The van der Waals surface area contributed by atoms with Gasteiger partial charge in [0.15, 0.2) is 11.6 Å². The molecule has 0 atom stereocenters. The number of hydrogen-bond acceptors (Lipinski definition) is 3. The number of aromatic nitrogens is 1. The summed E-state index contributed by atoms with van der Waals surface area (Å²) in [6, 6.07) is 4.20. The van der Waals surface area contributed by atoms with E-state index in [1.54, 1.807) is 17.4 Å². The number of nitrogens with one attached hydrogen (secondary N) is 1. The molecule has 0 bridgehead atoms. The highest BCUT2D eigenvalue weighted by Gasteiger charge is 2.07. The maximum absolute atomic E-state index is 13.4. The summed E-state index contributed by atoms with van der Waals surface area (Å²) in [4.78, 5) is 5.47. The second-order valence-corrected chi connectivity index (χ2v) is 5.09. The molecule has 0 radical (unpaired) electrons. The van der Waals surface area contributed by atoms with E-state index in [1.165, 1.54) is 10.9 Å². The van der Waals surface area contributed by atoms with Gasteiger partial charge in [-0.25, -0.2) is 13.8 Å². The summed E-state index contributed by atoms with van der Waals surface area (Å²) in [6.07, 6.45) is 2.82. The Morgan fingerprint density at radius 1 is 1.28 bits per heavy atom. The van der Waals surface area contributed by atoms with Crippen LogP contribution in [-0.2, 0) is 19.5 Å². The van der Waals surface area contributed by atoms with Crippen molar-refractivity contribution in [2.75, 3.05) is 0 Å². The average molecular weight is 268 g/mol. The van der Waals surface area contributed by atoms with E-state index >= 15 is 0 Å². The molecule has 5 heteroatoms. The number of aryl methyl sites for hydroxylation is 1. The molecule has 0 saturated carbocycles. The van der Waals surface area contributed by atoms with E-state index < -0.39 is 11.6 Å². The first kappa shape index (κ1) is 13.1. The van der Waals surface area contributed by atoms with E-state index in [9.17, 15) is 8.78 Å². The van der Waals surface area contributed by atoms with Gasteiger partial charge in [0.05, 0.1) is 0 Å². The van der Waals surface area contributed by atoms with E-state index in [-0.39, 0.29) is 0 Å². The summed E-state index contributed by atoms with van der Waals surface area (Å²) in [6.45, 7) is 2.94. The van der Waals surface area contributed by atoms with E-state index in [0.29, 0.717) is 18.7 Å². The van der Waals surface area contributed by atoms with Crippen molar-refractivity contribution in [3.8, 4) is 0 Å². The summed E-state index contributed by atoms with van der Waals surface area (Å²) in [7, 11) is 0. The van der Waals surface area contributed by atoms with Crippen LogP contribution < -0.4 is 5.32 Å². The topological polar surface area (TPSA) is 24.9 Å². The molecule has 96 valence electrons. The van der Waals surface area contributed by atoms with Gasteiger partial charge in [-0.15, -0.1) is 11.3 Å². The van der Waals surface area contributed by atoms with Crippen molar-refractivity contribution in [3.05, 3.63) is 51.5 Å². The Morgan fingerprint density at radius 3 is 2.83 bits per heavy atom. The lowest BCUT2D eigenvalue weighted by molar-refractivity contribution is 0.492. The van der Waals surface area contributed by atoms with Crippen molar-refractivity contribution < 1.29 is 8.78 Å². The third kappa shape index (κ3) is 3.11. The van der Waals surface area contributed by atoms with Crippen LogP contribution in [0.3, 0.4) is 0 Å². The number of thiazole rings is 1. The molecule has 0 spiro atoms. The summed E-state index contributed by atoms with van der Waals surface area (Å²) in [5.41, 5.74) is 0.335. The van der Waals surface area contributed by atoms with Crippen LogP contribution in [0.5, 0.6) is 0 Å². The maximum atomic E-state index is 13.4. The van der Waals surface area contributed by atoms with Gasteiger partial charge in [-0.3, -0.25) is 0 Å².